The van der Waals surface area contributed by atoms with Crippen LogP contribution in [0.2, 0.25) is 0 Å². The summed E-state index contributed by atoms with van der Waals surface area (Å²) >= 11 is 0. The maximum Gasteiger partial charge on any atom is 0.163 e. The van der Waals surface area contributed by atoms with E-state index in [0.29, 0.717) is 6.42 Å². The third-order valence-electron chi connectivity index (χ3n) is 8.33. The lowest BCUT2D eigenvalue weighted by Gasteiger charge is -2.32. The Kier molecular flexibility index (Phi) is 14.0. The number of Topliss-reactive ketones (excluding diaryl/α,β-unsaturated/α-hetero) is 3. The fraction of sp³-hybridized carbons (Fsp3) is 0.595. The van der Waals surface area contributed by atoms with Gasteiger partial charge in [0.2, 0.25) is 0 Å². The third-order valence-corrected chi connectivity index (χ3v) is 8.33. The van der Waals surface area contributed by atoms with Crippen LogP contribution >= 0.6 is 0 Å². The summed E-state index contributed by atoms with van der Waals surface area (Å²) in [5, 5.41) is 0. The molecular formula is C37H54O3. The van der Waals surface area contributed by atoms with Gasteiger partial charge in [-0.3, -0.25) is 14.4 Å². The lowest BCUT2D eigenvalue weighted by molar-refractivity contribution is -0.129. The monoisotopic (exact) mass is 546 g/mol. The Hall–Kier alpha value is -2.55. The van der Waals surface area contributed by atoms with Crippen LogP contribution in [-0.2, 0) is 28.9 Å². The maximum atomic E-state index is 13.5. The van der Waals surface area contributed by atoms with Gasteiger partial charge in [0.05, 0.1) is 6.42 Å². The van der Waals surface area contributed by atoms with Gasteiger partial charge in [0.1, 0.15) is 11.6 Å². The quantitative estimate of drug-likeness (QED) is 0.235. The highest BCUT2D eigenvalue weighted by atomic mass is 16.1. The van der Waals surface area contributed by atoms with E-state index in [4.69, 9.17) is 0 Å². The summed E-state index contributed by atoms with van der Waals surface area (Å²) in [6, 6.07) is 11.1. The molecule has 0 aromatic heterocycles. The molecule has 2 aromatic carbocycles. The highest BCUT2D eigenvalue weighted by Gasteiger charge is 2.34. The van der Waals surface area contributed by atoms with Crippen LogP contribution < -0.4 is 0 Å². The van der Waals surface area contributed by atoms with E-state index < -0.39 is 0 Å². The molecule has 3 unspecified atom stereocenters. The normalized spacial score (nSPS) is 16.0. The first-order valence-corrected chi connectivity index (χ1v) is 15.9. The predicted molar refractivity (Wildman–Crippen MR) is 169 cm³/mol. The van der Waals surface area contributed by atoms with E-state index in [9.17, 15) is 14.4 Å². The van der Waals surface area contributed by atoms with Crippen molar-refractivity contribution >= 4 is 17.3 Å². The van der Waals surface area contributed by atoms with Crippen molar-refractivity contribution in [1.29, 1.82) is 0 Å². The van der Waals surface area contributed by atoms with Crippen molar-refractivity contribution in [2.24, 2.45) is 17.8 Å². The van der Waals surface area contributed by atoms with Crippen LogP contribution in [0.5, 0.6) is 0 Å². The van der Waals surface area contributed by atoms with E-state index in [0.717, 1.165) is 62.5 Å². The van der Waals surface area contributed by atoms with E-state index in [1.54, 1.807) is 0 Å². The molecule has 0 aliphatic heterocycles. The molecule has 0 N–H and O–H groups in total. The zero-order chi connectivity index (χ0) is 29.8. The van der Waals surface area contributed by atoms with Gasteiger partial charge >= 0.3 is 0 Å². The average molecular weight is 547 g/mol. The molecule has 1 aliphatic carbocycles. The second kappa shape index (κ2) is 16.7. The number of benzene rings is 2. The Balaban J connectivity index is 0.00000178. The minimum Gasteiger partial charge on any atom is -0.300 e. The Morgan fingerprint density at radius 1 is 0.925 bits per heavy atom. The van der Waals surface area contributed by atoms with E-state index in [1.165, 1.54) is 41.2 Å². The molecule has 3 atom stereocenters. The number of fused-ring (bicyclic) bond motifs is 1. The molecule has 0 amide bonds. The first kappa shape index (κ1) is 33.7. The fourth-order valence-electron chi connectivity index (χ4n) is 6.65. The Labute approximate surface area is 244 Å². The van der Waals surface area contributed by atoms with Gasteiger partial charge in [0, 0.05) is 17.9 Å². The van der Waals surface area contributed by atoms with E-state index in [-0.39, 0.29) is 41.5 Å². The van der Waals surface area contributed by atoms with Crippen molar-refractivity contribution in [3.63, 3.8) is 0 Å². The molecule has 0 radical (unpaired) electrons. The summed E-state index contributed by atoms with van der Waals surface area (Å²) in [5.41, 5.74) is 8.37. The fourth-order valence-corrected chi connectivity index (χ4v) is 6.65. The van der Waals surface area contributed by atoms with Gasteiger partial charge in [0.15, 0.2) is 5.78 Å². The van der Waals surface area contributed by atoms with Crippen molar-refractivity contribution in [2.45, 2.75) is 126 Å². The largest absolute Gasteiger partial charge is 0.300 e. The van der Waals surface area contributed by atoms with Gasteiger partial charge in [0.25, 0.3) is 0 Å². The van der Waals surface area contributed by atoms with Gasteiger partial charge in [-0.15, -0.1) is 0 Å². The zero-order valence-electron chi connectivity index (χ0n) is 26.6. The second-order valence-electron chi connectivity index (χ2n) is 11.9. The highest BCUT2D eigenvalue weighted by Crippen LogP contribution is 2.40. The number of aryl methyl sites for hydroxylation is 3. The van der Waals surface area contributed by atoms with Crippen molar-refractivity contribution in [2.75, 3.05) is 0 Å². The lowest BCUT2D eigenvalue weighted by atomic mass is 9.71. The number of carbonyl (C=O) groups excluding carboxylic acids is 3. The number of carbonyl (C=O) groups is 3. The van der Waals surface area contributed by atoms with Crippen molar-refractivity contribution in [1.82, 2.24) is 0 Å². The summed E-state index contributed by atoms with van der Waals surface area (Å²) in [7, 11) is 0. The molecule has 0 heterocycles. The Bertz CT molecular complexity index is 1140. The van der Waals surface area contributed by atoms with Gasteiger partial charge in [-0.2, -0.15) is 0 Å². The van der Waals surface area contributed by atoms with Crippen LogP contribution in [-0.4, -0.2) is 17.3 Å². The maximum absolute atomic E-state index is 13.5. The SMILES string of the molecule is CCC.CCCc1ccc(-c2ccc(C)c3c2CC(CC(CCC)C(CC)C(=O)CC(C)=O)CC3=O)cc1CC. The molecule has 3 rings (SSSR count). The van der Waals surface area contributed by atoms with Crippen molar-refractivity contribution in [3.8, 4) is 11.1 Å². The topological polar surface area (TPSA) is 51.2 Å². The molecule has 220 valence electrons. The number of hydrogen-bond donors (Lipinski definition) is 0. The zero-order valence-corrected chi connectivity index (χ0v) is 26.6. The summed E-state index contributed by atoms with van der Waals surface area (Å²) in [5.74, 6) is 0.595. The molecule has 1 aliphatic rings. The van der Waals surface area contributed by atoms with E-state index in [2.05, 4.69) is 78.8 Å². The van der Waals surface area contributed by atoms with Gasteiger partial charge in [-0.1, -0.05) is 97.6 Å². The molecule has 2 aromatic rings. The smallest absolute Gasteiger partial charge is 0.163 e. The molecule has 0 bridgehead atoms. The summed E-state index contributed by atoms with van der Waals surface area (Å²) in [4.78, 5) is 38.1. The second-order valence-corrected chi connectivity index (χ2v) is 11.9. The standard InChI is InChI=1S/C34H46O3.C3H8/c1-7-11-26-14-15-28(21-25(26)9-3)30-16-13-22(5)34-31(30)19-24(20-33(34)37)18-27(12-8-2)29(10-4)32(36)17-23(6)35;1-3-2/h13-16,21,24,27,29H,7-12,17-20H2,1-6H3;3H2,1-2H3. The molecule has 40 heavy (non-hydrogen) atoms. The Morgan fingerprint density at radius 2 is 1.62 bits per heavy atom. The van der Waals surface area contributed by atoms with Gasteiger partial charge in [-0.25, -0.2) is 0 Å². The Morgan fingerprint density at radius 3 is 2.20 bits per heavy atom. The third kappa shape index (κ3) is 8.72. The van der Waals surface area contributed by atoms with Crippen molar-refractivity contribution < 1.29 is 14.4 Å². The molecule has 3 nitrogen and oxygen atoms in total. The molecule has 0 saturated heterocycles. The predicted octanol–water partition coefficient (Wildman–Crippen LogP) is 9.72. The molecule has 0 saturated carbocycles. The number of ketones is 3. The number of rotatable bonds is 13. The van der Waals surface area contributed by atoms with Gasteiger partial charge < -0.3 is 0 Å². The van der Waals surface area contributed by atoms with Crippen LogP contribution in [0, 0.1) is 24.7 Å². The number of hydrogen-bond acceptors (Lipinski definition) is 3. The van der Waals surface area contributed by atoms with Crippen LogP contribution in [0.1, 0.15) is 132 Å². The molecular weight excluding hydrogens is 492 g/mol. The minimum atomic E-state index is -0.101. The highest BCUT2D eigenvalue weighted by molar-refractivity contribution is 6.02. The lowest BCUT2D eigenvalue weighted by Crippen LogP contribution is -2.30. The average Bonchev–Trinajstić information content (AvgIpc) is 2.90. The van der Waals surface area contributed by atoms with Crippen LogP contribution in [0.15, 0.2) is 30.3 Å². The van der Waals surface area contributed by atoms with E-state index in [1.807, 2.05) is 0 Å². The van der Waals surface area contributed by atoms with Crippen LogP contribution in [0.4, 0.5) is 0 Å². The first-order chi connectivity index (χ1) is 19.1. The van der Waals surface area contributed by atoms with Crippen molar-refractivity contribution in [3.05, 3.63) is 58.1 Å². The summed E-state index contributed by atoms with van der Waals surface area (Å²) in [6.45, 7) is 16.5. The first-order valence-electron chi connectivity index (χ1n) is 15.9. The van der Waals surface area contributed by atoms with Crippen LogP contribution in [0.3, 0.4) is 0 Å². The summed E-state index contributed by atoms with van der Waals surface area (Å²) in [6.07, 6.45) is 9.50. The minimum absolute atomic E-state index is 0.0300. The molecule has 0 spiro atoms. The van der Waals surface area contributed by atoms with Crippen LogP contribution in [0.25, 0.3) is 11.1 Å². The molecule has 3 heteroatoms. The molecule has 0 fully saturated rings. The summed E-state index contributed by atoms with van der Waals surface area (Å²) < 4.78 is 0. The van der Waals surface area contributed by atoms with Gasteiger partial charge in [-0.05, 0) is 91.2 Å². The van der Waals surface area contributed by atoms with E-state index >= 15 is 0 Å².